The van der Waals surface area contributed by atoms with Crippen LogP contribution in [0.2, 0.25) is 0 Å². The molecule has 1 aliphatic heterocycles. The van der Waals surface area contributed by atoms with Crippen molar-refractivity contribution in [3.05, 3.63) is 23.8 Å². The predicted octanol–water partition coefficient (Wildman–Crippen LogP) is 1.33. The van der Waals surface area contributed by atoms with Crippen LogP contribution in [0.4, 0.5) is 16.2 Å². The Morgan fingerprint density at radius 2 is 2.33 bits per heavy atom. The SMILES string of the molecule is Nc1cccc2c1NC(=O)OC2. The van der Waals surface area contributed by atoms with E-state index in [0.29, 0.717) is 18.0 Å². The average molecular weight is 164 g/mol. The third-order valence-electron chi connectivity index (χ3n) is 1.77. The number of cyclic esters (lactones) is 1. The van der Waals surface area contributed by atoms with E-state index in [1.54, 1.807) is 6.07 Å². The van der Waals surface area contributed by atoms with Crippen LogP contribution in [0, 0.1) is 0 Å². The second-order valence-corrected chi connectivity index (χ2v) is 2.58. The normalized spacial score (nSPS) is 14.5. The van der Waals surface area contributed by atoms with Crippen molar-refractivity contribution >= 4 is 17.5 Å². The summed E-state index contributed by atoms with van der Waals surface area (Å²) in [6.45, 7) is 0.298. The lowest BCUT2D eigenvalue weighted by Crippen LogP contribution is -2.21. The molecule has 1 amide bonds. The molecule has 0 unspecified atom stereocenters. The van der Waals surface area contributed by atoms with Gasteiger partial charge in [0.25, 0.3) is 0 Å². The molecular formula is C8H8N2O2. The number of ether oxygens (including phenoxy) is 1. The number of rotatable bonds is 0. The predicted molar refractivity (Wildman–Crippen MR) is 44.7 cm³/mol. The van der Waals surface area contributed by atoms with E-state index in [1.807, 2.05) is 12.1 Å². The molecule has 0 saturated carbocycles. The molecule has 62 valence electrons. The molecule has 0 aliphatic carbocycles. The molecule has 0 aromatic heterocycles. The van der Waals surface area contributed by atoms with Gasteiger partial charge in [-0.3, -0.25) is 5.32 Å². The molecule has 0 atom stereocenters. The third kappa shape index (κ3) is 0.972. The molecule has 12 heavy (non-hydrogen) atoms. The number of nitrogen functional groups attached to an aromatic ring is 1. The largest absolute Gasteiger partial charge is 0.444 e. The molecule has 1 aromatic rings. The number of benzene rings is 1. The molecule has 2 rings (SSSR count). The van der Waals surface area contributed by atoms with Crippen LogP contribution in [0.1, 0.15) is 5.56 Å². The Balaban J connectivity index is 2.50. The second kappa shape index (κ2) is 2.41. The number of para-hydroxylation sites is 1. The van der Waals surface area contributed by atoms with Gasteiger partial charge < -0.3 is 10.5 Å². The summed E-state index contributed by atoms with van der Waals surface area (Å²) in [5.74, 6) is 0. The zero-order chi connectivity index (χ0) is 8.55. The Bertz CT molecular complexity index is 336. The first-order valence-electron chi connectivity index (χ1n) is 3.58. The summed E-state index contributed by atoms with van der Waals surface area (Å²) in [4.78, 5) is 10.8. The van der Waals surface area contributed by atoms with Gasteiger partial charge in [0.2, 0.25) is 0 Å². The van der Waals surface area contributed by atoms with Crippen molar-refractivity contribution in [1.82, 2.24) is 0 Å². The first kappa shape index (κ1) is 6.97. The van der Waals surface area contributed by atoms with E-state index >= 15 is 0 Å². The van der Waals surface area contributed by atoms with Gasteiger partial charge in [-0.15, -0.1) is 0 Å². The lowest BCUT2D eigenvalue weighted by molar-refractivity contribution is 0.151. The number of hydrogen-bond donors (Lipinski definition) is 2. The van der Waals surface area contributed by atoms with Crippen LogP contribution in [0.5, 0.6) is 0 Å². The van der Waals surface area contributed by atoms with Gasteiger partial charge in [0.1, 0.15) is 6.61 Å². The van der Waals surface area contributed by atoms with Crippen LogP contribution in [0.25, 0.3) is 0 Å². The second-order valence-electron chi connectivity index (χ2n) is 2.58. The Kier molecular flexibility index (Phi) is 1.40. The van der Waals surface area contributed by atoms with Crippen molar-refractivity contribution in [3.8, 4) is 0 Å². The molecule has 1 aliphatic rings. The lowest BCUT2D eigenvalue weighted by atomic mass is 10.1. The van der Waals surface area contributed by atoms with Crippen LogP contribution in [-0.4, -0.2) is 6.09 Å². The monoisotopic (exact) mass is 164 g/mol. The van der Waals surface area contributed by atoms with Crippen LogP contribution in [-0.2, 0) is 11.3 Å². The quantitative estimate of drug-likeness (QED) is 0.568. The van der Waals surface area contributed by atoms with Crippen molar-refractivity contribution < 1.29 is 9.53 Å². The fraction of sp³-hybridized carbons (Fsp3) is 0.125. The molecule has 0 radical (unpaired) electrons. The summed E-state index contributed by atoms with van der Waals surface area (Å²) >= 11 is 0. The summed E-state index contributed by atoms with van der Waals surface area (Å²) in [5.41, 5.74) is 7.79. The van der Waals surface area contributed by atoms with Crippen LogP contribution in [0.15, 0.2) is 18.2 Å². The van der Waals surface area contributed by atoms with E-state index < -0.39 is 6.09 Å². The number of anilines is 2. The molecule has 0 fully saturated rings. The lowest BCUT2D eigenvalue weighted by Gasteiger charge is -2.18. The van der Waals surface area contributed by atoms with Crippen molar-refractivity contribution in [2.45, 2.75) is 6.61 Å². The minimum absolute atomic E-state index is 0.298. The molecule has 4 heteroatoms. The zero-order valence-corrected chi connectivity index (χ0v) is 6.33. The van der Waals surface area contributed by atoms with Gasteiger partial charge >= 0.3 is 6.09 Å². The topological polar surface area (TPSA) is 64.3 Å². The first-order chi connectivity index (χ1) is 5.77. The number of fused-ring (bicyclic) bond motifs is 1. The van der Waals surface area contributed by atoms with Crippen molar-refractivity contribution in [3.63, 3.8) is 0 Å². The highest BCUT2D eigenvalue weighted by Gasteiger charge is 2.16. The third-order valence-corrected chi connectivity index (χ3v) is 1.77. The van der Waals surface area contributed by atoms with Gasteiger partial charge in [0.15, 0.2) is 0 Å². The van der Waals surface area contributed by atoms with E-state index in [9.17, 15) is 4.79 Å². The highest BCUT2D eigenvalue weighted by atomic mass is 16.5. The molecule has 0 bridgehead atoms. The van der Waals surface area contributed by atoms with Gasteiger partial charge in [-0.1, -0.05) is 12.1 Å². The van der Waals surface area contributed by atoms with E-state index in [4.69, 9.17) is 10.5 Å². The van der Waals surface area contributed by atoms with Gasteiger partial charge in [-0.05, 0) is 6.07 Å². The molecule has 0 saturated heterocycles. The van der Waals surface area contributed by atoms with E-state index in [1.165, 1.54) is 0 Å². The number of nitrogens with one attached hydrogen (secondary N) is 1. The van der Waals surface area contributed by atoms with Crippen molar-refractivity contribution in [2.75, 3.05) is 11.1 Å². The van der Waals surface area contributed by atoms with E-state index in [-0.39, 0.29) is 0 Å². The summed E-state index contributed by atoms with van der Waals surface area (Å²) in [6.07, 6.45) is -0.444. The average Bonchev–Trinajstić information content (AvgIpc) is 2.07. The van der Waals surface area contributed by atoms with Crippen LogP contribution in [0.3, 0.4) is 0 Å². The highest BCUT2D eigenvalue weighted by molar-refractivity contribution is 5.92. The Morgan fingerprint density at radius 1 is 1.50 bits per heavy atom. The van der Waals surface area contributed by atoms with Gasteiger partial charge in [-0.25, -0.2) is 4.79 Å². The van der Waals surface area contributed by atoms with Crippen molar-refractivity contribution in [1.29, 1.82) is 0 Å². The molecular weight excluding hydrogens is 156 g/mol. The standard InChI is InChI=1S/C8H8N2O2/c9-6-3-1-2-5-4-12-8(11)10-7(5)6/h1-3H,4,9H2,(H,10,11). The fourth-order valence-electron chi connectivity index (χ4n) is 1.17. The molecule has 4 nitrogen and oxygen atoms in total. The number of hydrogen-bond acceptors (Lipinski definition) is 3. The number of nitrogens with two attached hydrogens (primary N) is 1. The Hall–Kier alpha value is -1.71. The first-order valence-corrected chi connectivity index (χ1v) is 3.58. The molecule has 0 spiro atoms. The van der Waals surface area contributed by atoms with Gasteiger partial charge in [0.05, 0.1) is 11.4 Å². The van der Waals surface area contributed by atoms with Crippen LogP contribution >= 0.6 is 0 Å². The fourth-order valence-corrected chi connectivity index (χ4v) is 1.17. The van der Waals surface area contributed by atoms with Gasteiger partial charge in [0, 0.05) is 5.56 Å². The zero-order valence-electron chi connectivity index (χ0n) is 6.33. The number of carbonyl (C=O) groups is 1. The smallest absolute Gasteiger partial charge is 0.412 e. The summed E-state index contributed by atoms with van der Waals surface area (Å²) in [7, 11) is 0. The molecule has 1 heterocycles. The maximum Gasteiger partial charge on any atom is 0.412 e. The van der Waals surface area contributed by atoms with Gasteiger partial charge in [-0.2, -0.15) is 0 Å². The highest BCUT2D eigenvalue weighted by Crippen LogP contribution is 2.27. The maximum atomic E-state index is 10.8. The number of carbonyl (C=O) groups excluding carboxylic acids is 1. The summed E-state index contributed by atoms with van der Waals surface area (Å²) in [5, 5.41) is 2.54. The van der Waals surface area contributed by atoms with Crippen molar-refractivity contribution in [2.24, 2.45) is 0 Å². The summed E-state index contributed by atoms with van der Waals surface area (Å²) in [6, 6.07) is 5.44. The minimum atomic E-state index is -0.444. The molecule has 1 aromatic carbocycles. The Morgan fingerprint density at radius 3 is 3.17 bits per heavy atom. The van der Waals surface area contributed by atoms with E-state index in [2.05, 4.69) is 5.32 Å². The molecule has 3 N–H and O–H groups in total. The van der Waals surface area contributed by atoms with E-state index in [0.717, 1.165) is 5.56 Å². The Labute approximate surface area is 69.3 Å². The minimum Gasteiger partial charge on any atom is -0.444 e. The number of amides is 1. The maximum absolute atomic E-state index is 10.8. The summed E-state index contributed by atoms with van der Waals surface area (Å²) < 4.78 is 4.75. The van der Waals surface area contributed by atoms with Crippen LogP contribution < -0.4 is 11.1 Å².